The normalized spacial score (nSPS) is 17.3. The van der Waals surface area contributed by atoms with Crippen LogP contribution in [-0.4, -0.2) is 53.0 Å². The van der Waals surface area contributed by atoms with Gasteiger partial charge in [-0.1, -0.05) is 0 Å². The molecular weight excluding hydrogens is 398 g/mol. The summed E-state index contributed by atoms with van der Waals surface area (Å²) in [7, 11) is 0. The first-order valence-electron chi connectivity index (χ1n) is 10.1. The van der Waals surface area contributed by atoms with E-state index in [0.29, 0.717) is 31.0 Å². The van der Waals surface area contributed by atoms with Crippen molar-refractivity contribution in [2.75, 3.05) is 24.6 Å². The van der Waals surface area contributed by atoms with Crippen LogP contribution in [0.1, 0.15) is 12.5 Å². The molecule has 0 bridgehead atoms. The molecule has 2 amide bonds. The molecule has 0 spiro atoms. The zero-order chi connectivity index (χ0) is 21.4. The molecule has 1 atom stereocenters. The molecule has 0 radical (unpaired) electrons. The number of benzene rings is 1. The van der Waals surface area contributed by atoms with Gasteiger partial charge in [0.25, 0.3) is 0 Å². The molecule has 0 aliphatic carbocycles. The van der Waals surface area contributed by atoms with Gasteiger partial charge < -0.3 is 14.8 Å². The number of aromatic amines is 1. The molecule has 2 N–H and O–H groups in total. The number of aromatic nitrogens is 3. The van der Waals surface area contributed by atoms with Gasteiger partial charge in [0.2, 0.25) is 5.91 Å². The molecule has 9 heteroatoms. The Balaban J connectivity index is 1.43. The molecule has 5 rings (SSSR count). The average molecular weight is 419 g/mol. The Bertz CT molecular complexity index is 1140. The van der Waals surface area contributed by atoms with Crippen molar-refractivity contribution in [3.05, 3.63) is 48.3 Å². The van der Waals surface area contributed by atoms with Crippen LogP contribution in [0.5, 0.6) is 5.75 Å². The molecule has 4 heterocycles. The first-order valence-corrected chi connectivity index (χ1v) is 10.1. The second-order valence-electron chi connectivity index (χ2n) is 7.49. The number of rotatable bonds is 4. The van der Waals surface area contributed by atoms with E-state index in [1.54, 1.807) is 17.3 Å². The zero-order valence-electron chi connectivity index (χ0n) is 16.9. The Labute approximate surface area is 178 Å². The van der Waals surface area contributed by atoms with Gasteiger partial charge in [0.05, 0.1) is 36.8 Å². The number of fused-ring (bicyclic) bond motifs is 3. The third-order valence-corrected chi connectivity index (χ3v) is 5.43. The Morgan fingerprint density at radius 1 is 1.29 bits per heavy atom. The number of H-pyrrole nitrogens is 1. The summed E-state index contributed by atoms with van der Waals surface area (Å²) in [6, 6.07) is 9.51. The molecule has 158 valence electrons. The van der Waals surface area contributed by atoms with Gasteiger partial charge in [-0.05, 0) is 24.3 Å². The fourth-order valence-electron chi connectivity index (χ4n) is 3.94. The monoisotopic (exact) mass is 419 g/mol. The molecule has 9 nitrogen and oxygen atoms in total. The summed E-state index contributed by atoms with van der Waals surface area (Å²) in [5.41, 5.74) is 5.48. The molecule has 1 unspecified atom stereocenters. The average Bonchev–Trinajstić information content (AvgIpc) is 3.31. The topological polar surface area (TPSA) is 109 Å². The number of anilines is 1. The highest BCUT2D eigenvalue weighted by molar-refractivity contribution is 5.91. The number of hydrogen-bond acceptors (Lipinski definition) is 6. The van der Waals surface area contributed by atoms with Crippen LogP contribution in [0.4, 0.5) is 10.5 Å². The lowest BCUT2D eigenvalue weighted by molar-refractivity contribution is -0.119. The number of nitrogens with zero attached hydrogens (tertiary/aromatic N) is 3. The Morgan fingerprint density at radius 3 is 2.94 bits per heavy atom. The molecule has 2 aliphatic rings. The third-order valence-electron chi connectivity index (χ3n) is 5.43. The van der Waals surface area contributed by atoms with Crippen molar-refractivity contribution in [3.63, 3.8) is 0 Å². The molecule has 1 saturated heterocycles. The molecular formula is C22H21N5O4. The van der Waals surface area contributed by atoms with Gasteiger partial charge >= 0.3 is 6.09 Å². The lowest BCUT2D eigenvalue weighted by Gasteiger charge is -2.16. The van der Waals surface area contributed by atoms with Gasteiger partial charge in [-0.25, -0.2) is 4.79 Å². The Kier molecular flexibility index (Phi) is 4.78. The maximum atomic E-state index is 12.4. The lowest BCUT2D eigenvalue weighted by atomic mass is 10.0. The maximum Gasteiger partial charge on any atom is 0.414 e. The number of carbonyl (C=O) groups is 2. The molecule has 2 aliphatic heterocycles. The Hall–Kier alpha value is -3.88. The van der Waals surface area contributed by atoms with Crippen LogP contribution >= 0.6 is 0 Å². The van der Waals surface area contributed by atoms with Crippen LogP contribution in [0.25, 0.3) is 22.5 Å². The summed E-state index contributed by atoms with van der Waals surface area (Å²) in [5, 5.41) is 10.4. The van der Waals surface area contributed by atoms with Crippen LogP contribution in [0.2, 0.25) is 0 Å². The molecule has 31 heavy (non-hydrogen) atoms. The van der Waals surface area contributed by atoms with E-state index in [0.717, 1.165) is 28.1 Å². The van der Waals surface area contributed by atoms with Crippen LogP contribution in [0.3, 0.4) is 0 Å². The predicted octanol–water partition coefficient (Wildman–Crippen LogP) is 2.53. The third kappa shape index (κ3) is 3.58. The highest BCUT2D eigenvalue weighted by Gasteiger charge is 2.33. The van der Waals surface area contributed by atoms with E-state index >= 15 is 0 Å². The number of pyridine rings is 1. The molecule has 1 aromatic carbocycles. The van der Waals surface area contributed by atoms with Crippen LogP contribution in [-0.2, 0) is 16.0 Å². The van der Waals surface area contributed by atoms with Crippen LogP contribution in [0.15, 0.2) is 42.7 Å². The summed E-state index contributed by atoms with van der Waals surface area (Å²) in [5.74, 6) is 0.522. The van der Waals surface area contributed by atoms with E-state index < -0.39 is 12.2 Å². The summed E-state index contributed by atoms with van der Waals surface area (Å²) < 4.78 is 11.4. The summed E-state index contributed by atoms with van der Waals surface area (Å²) in [6.07, 6.45) is 3.37. The number of nitrogens with one attached hydrogen (secondary N) is 2. The van der Waals surface area contributed by atoms with Crippen molar-refractivity contribution in [3.8, 4) is 28.3 Å². The maximum absolute atomic E-state index is 12.4. The summed E-state index contributed by atoms with van der Waals surface area (Å²) >= 11 is 0. The largest absolute Gasteiger partial charge is 0.492 e. The van der Waals surface area contributed by atoms with Gasteiger partial charge in [0, 0.05) is 48.5 Å². The van der Waals surface area contributed by atoms with Gasteiger partial charge in [-0.3, -0.25) is 19.8 Å². The second kappa shape index (κ2) is 7.75. The van der Waals surface area contributed by atoms with Crippen molar-refractivity contribution in [1.82, 2.24) is 20.5 Å². The van der Waals surface area contributed by atoms with E-state index in [-0.39, 0.29) is 12.5 Å². The molecule has 0 saturated carbocycles. The number of ether oxygens (including phenoxy) is 2. The summed E-state index contributed by atoms with van der Waals surface area (Å²) in [4.78, 5) is 29.1. The highest BCUT2D eigenvalue weighted by atomic mass is 16.6. The number of amides is 2. The fourth-order valence-corrected chi connectivity index (χ4v) is 3.94. The van der Waals surface area contributed by atoms with Crippen molar-refractivity contribution < 1.29 is 19.1 Å². The molecule has 2 aromatic heterocycles. The Morgan fingerprint density at radius 2 is 2.13 bits per heavy atom. The minimum absolute atomic E-state index is 0.158. The van der Waals surface area contributed by atoms with Gasteiger partial charge in [-0.15, -0.1) is 0 Å². The zero-order valence-corrected chi connectivity index (χ0v) is 16.9. The number of hydrogen-bond donors (Lipinski definition) is 2. The van der Waals surface area contributed by atoms with E-state index in [9.17, 15) is 9.59 Å². The van der Waals surface area contributed by atoms with E-state index in [2.05, 4.69) is 20.5 Å². The minimum atomic E-state index is -0.439. The van der Waals surface area contributed by atoms with Crippen molar-refractivity contribution in [2.45, 2.75) is 19.4 Å². The van der Waals surface area contributed by atoms with Crippen molar-refractivity contribution >= 4 is 17.7 Å². The first kappa shape index (κ1) is 19.1. The lowest BCUT2D eigenvalue weighted by Crippen LogP contribution is -2.33. The minimum Gasteiger partial charge on any atom is -0.492 e. The van der Waals surface area contributed by atoms with Gasteiger partial charge in [0.15, 0.2) is 0 Å². The van der Waals surface area contributed by atoms with E-state index in [1.807, 2.05) is 30.3 Å². The first-order chi connectivity index (χ1) is 15.1. The van der Waals surface area contributed by atoms with E-state index in [4.69, 9.17) is 9.47 Å². The van der Waals surface area contributed by atoms with Crippen molar-refractivity contribution in [2.24, 2.45) is 0 Å². The molecule has 1 fully saturated rings. The van der Waals surface area contributed by atoms with E-state index in [1.165, 1.54) is 6.92 Å². The smallest absolute Gasteiger partial charge is 0.414 e. The van der Waals surface area contributed by atoms with Crippen LogP contribution < -0.4 is 15.0 Å². The quantitative estimate of drug-likeness (QED) is 0.673. The second-order valence-corrected chi connectivity index (χ2v) is 7.49. The predicted molar refractivity (Wildman–Crippen MR) is 113 cm³/mol. The standard InChI is InChI=1S/C22H21N5O4/c1-13(28)24-11-16-12-27(22(29)31-16)15-2-3-17-19(10-15)30-9-6-18-20(25-26-21(17)18)14-4-7-23-8-5-14/h2-5,7-8,10,16H,6,9,11-12H2,1H3,(H,24,28)(H,25,26). The fraction of sp³-hybridized carbons (Fsp3) is 0.273. The van der Waals surface area contributed by atoms with Crippen molar-refractivity contribution in [1.29, 1.82) is 0 Å². The number of cyclic esters (lactones) is 1. The highest BCUT2D eigenvalue weighted by Crippen LogP contribution is 2.40. The van der Waals surface area contributed by atoms with Gasteiger partial charge in [0.1, 0.15) is 11.9 Å². The summed E-state index contributed by atoms with van der Waals surface area (Å²) in [6.45, 7) is 2.58. The molecule has 3 aromatic rings. The number of carbonyl (C=O) groups excluding carboxylic acids is 2. The SMILES string of the molecule is CC(=O)NCC1CN(c2ccc3c(c2)OCCc2c(-c4ccncc4)n[nH]c2-3)C(=O)O1. The van der Waals surface area contributed by atoms with Crippen LogP contribution in [0, 0.1) is 0 Å². The van der Waals surface area contributed by atoms with Gasteiger partial charge in [-0.2, -0.15) is 5.10 Å².